The smallest absolute Gasteiger partial charge is 0.338 e. The van der Waals surface area contributed by atoms with Crippen LogP contribution in [0.4, 0.5) is 0 Å². The van der Waals surface area contributed by atoms with Crippen LogP contribution in [0.2, 0.25) is 10.0 Å². The second-order valence-electron chi connectivity index (χ2n) is 10.9. The maximum Gasteiger partial charge on any atom is 0.338 e. The number of benzene rings is 3. The lowest BCUT2D eigenvalue weighted by Crippen LogP contribution is -2.40. The fraction of sp³-hybridized carbons (Fsp3) is 0.206. The summed E-state index contributed by atoms with van der Waals surface area (Å²) in [5.74, 6) is 0.00521. The lowest BCUT2D eigenvalue weighted by Gasteiger charge is -2.26. The first kappa shape index (κ1) is 31.4. The van der Waals surface area contributed by atoms with Gasteiger partial charge in [0.15, 0.2) is 4.80 Å². The number of allylic oxidation sites excluding steroid dienone is 1. The number of aromatic nitrogens is 2. The summed E-state index contributed by atoms with van der Waals surface area (Å²) in [5, 5.41) is 1.99. The van der Waals surface area contributed by atoms with Gasteiger partial charge >= 0.3 is 5.97 Å². The van der Waals surface area contributed by atoms with Crippen molar-refractivity contribution in [2.24, 2.45) is 4.99 Å². The van der Waals surface area contributed by atoms with E-state index < -0.39 is 12.0 Å². The zero-order valence-electron chi connectivity index (χ0n) is 24.8. The van der Waals surface area contributed by atoms with Crippen molar-refractivity contribution in [3.05, 3.63) is 129 Å². The van der Waals surface area contributed by atoms with E-state index in [9.17, 15) is 9.59 Å². The van der Waals surface area contributed by atoms with Crippen molar-refractivity contribution in [3.63, 3.8) is 0 Å². The van der Waals surface area contributed by atoms with Crippen LogP contribution in [0.15, 0.2) is 92.4 Å². The molecule has 0 amide bonds. The van der Waals surface area contributed by atoms with Crippen LogP contribution in [0, 0.1) is 0 Å². The minimum absolute atomic E-state index is 0.269. The number of ether oxygens (including phenoxy) is 2. The molecule has 0 aliphatic carbocycles. The highest BCUT2D eigenvalue weighted by molar-refractivity contribution is 9.10. The number of esters is 1. The summed E-state index contributed by atoms with van der Waals surface area (Å²) in [5.41, 5.74) is 4.03. The second kappa shape index (κ2) is 12.6. The fourth-order valence-corrected chi connectivity index (χ4v) is 7.31. The molecule has 1 aliphatic heterocycles. The molecular weight excluding hydrogens is 697 g/mol. The normalized spacial score (nSPS) is 15.0. The fourth-order valence-electron chi connectivity index (χ4n) is 5.57. The quantitative estimate of drug-likeness (QED) is 0.166. The Kier molecular flexibility index (Phi) is 8.81. The summed E-state index contributed by atoms with van der Waals surface area (Å²) in [6, 6.07) is 18.3. The highest BCUT2D eigenvalue weighted by Gasteiger charge is 2.35. The zero-order valence-corrected chi connectivity index (χ0v) is 28.7. The van der Waals surface area contributed by atoms with Gasteiger partial charge in [0, 0.05) is 39.2 Å². The zero-order chi connectivity index (χ0) is 32.0. The summed E-state index contributed by atoms with van der Waals surface area (Å²) < 4.78 is 16.3. The number of fused-ring (bicyclic) bond motifs is 2. The number of hydrogen-bond acceptors (Lipinski definition) is 6. The van der Waals surface area contributed by atoms with E-state index >= 15 is 0 Å². The Bertz CT molecular complexity index is 2200. The summed E-state index contributed by atoms with van der Waals surface area (Å²) >= 11 is 17.3. The molecule has 1 atom stereocenters. The van der Waals surface area contributed by atoms with Crippen molar-refractivity contribution in [3.8, 4) is 5.75 Å². The highest BCUT2D eigenvalue weighted by atomic mass is 79.9. The Labute approximate surface area is 281 Å². The minimum Gasteiger partial charge on any atom is -0.496 e. The lowest BCUT2D eigenvalue weighted by atomic mass is 9.95. The molecule has 0 fully saturated rings. The van der Waals surface area contributed by atoms with E-state index in [1.165, 1.54) is 11.3 Å². The lowest BCUT2D eigenvalue weighted by molar-refractivity contribution is -0.143. The molecule has 45 heavy (non-hydrogen) atoms. The van der Waals surface area contributed by atoms with Crippen molar-refractivity contribution in [2.75, 3.05) is 7.11 Å². The Morgan fingerprint density at radius 1 is 1.11 bits per heavy atom. The van der Waals surface area contributed by atoms with E-state index in [4.69, 9.17) is 37.7 Å². The highest BCUT2D eigenvalue weighted by Crippen LogP contribution is 2.37. The Balaban J connectivity index is 1.53. The predicted molar refractivity (Wildman–Crippen MR) is 183 cm³/mol. The van der Waals surface area contributed by atoms with Crippen LogP contribution in [0.25, 0.3) is 17.0 Å². The van der Waals surface area contributed by atoms with Crippen molar-refractivity contribution >= 4 is 73.4 Å². The van der Waals surface area contributed by atoms with Gasteiger partial charge in [-0.25, -0.2) is 9.79 Å². The van der Waals surface area contributed by atoms with Gasteiger partial charge in [-0.05, 0) is 68.8 Å². The van der Waals surface area contributed by atoms with Crippen molar-refractivity contribution in [2.45, 2.75) is 39.5 Å². The molecule has 3 heterocycles. The largest absolute Gasteiger partial charge is 0.496 e. The van der Waals surface area contributed by atoms with Crippen LogP contribution in [-0.2, 0) is 16.1 Å². The Hall–Kier alpha value is -3.63. The van der Waals surface area contributed by atoms with Crippen molar-refractivity contribution in [1.82, 2.24) is 9.13 Å². The van der Waals surface area contributed by atoms with E-state index in [2.05, 4.69) is 20.5 Å². The SMILES string of the molecule is COc1ccc(Br)cc1[C@@H]1C(C(=O)OC(C)C)=C(C)N=c2s/c(=C\c3cn(Cc4ccc(Cl)c(Cl)c4)c4ccccc34)c(=O)n21. The molecule has 0 spiro atoms. The molecule has 0 saturated carbocycles. The number of halogens is 3. The molecule has 11 heteroatoms. The molecule has 1 aliphatic rings. The average molecular weight is 725 g/mol. The maximum absolute atomic E-state index is 14.3. The molecule has 0 N–H and O–H groups in total. The molecule has 3 aromatic carbocycles. The number of carbonyl (C=O) groups is 1. The summed E-state index contributed by atoms with van der Waals surface area (Å²) in [6.07, 6.45) is 3.56. The van der Waals surface area contributed by atoms with Crippen LogP contribution >= 0.6 is 50.5 Å². The molecule has 0 saturated heterocycles. The molecular formula is C34H28BrCl2N3O4S. The molecule has 5 aromatic rings. The third-order valence-electron chi connectivity index (χ3n) is 7.51. The molecule has 0 unspecified atom stereocenters. The van der Waals surface area contributed by atoms with E-state index in [1.54, 1.807) is 44.6 Å². The number of methoxy groups -OCH3 is 1. The monoisotopic (exact) mass is 723 g/mol. The second-order valence-corrected chi connectivity index (χ2v) is 13.6. The average Bonchev–Trinajstić information content (AvgIpc) is 3.50. The van der Waals surface area contributed by atoms with Gasteiger partial charge in [-0.2, -0.15) is 0 Å². The van der Waals surface area contributed by atoms with Gasteiger partial charge in [0.25, 0.3) is 5.56 Å². The minimum atomic E-state index is -0.807. The maximum atomic E-state index is 14.3. The topological polar surface area (TPSA) is 74.8 Å². The third kappa shape index (κ3) is 6.02. The number of thiazole rings is 1. The molecule has 0 radical (unpaired) electrons. The summed E-state index contributed by atoms with van der Waals surface area (Å²) in [7, 11) is 1.56. The van der Waals surface area contributed by atoms with E-state index in [0.717, 1.165) is 26.5 Å². The van der Waals surface area contributed by atoms with Gasteiger partial charge in [0.1, 0.15) is 11.8 Å². The third-order valence-corrected chi connectivity index (χ3v) is 9.73. The first-order valence-electron chi connectivity index (χ1n) is 14.1. The van der Waals surface area contributed by atoms with Gasteiger partial charge in [-0.1, -0.05) is 74.7 Å². The molecule has 0 bridgehead atoms. The molecule has 7 nitrogen and oxygen atoms in total. The first-order chi connectivity index (χ1) is 21.5. The van der Waals surface area contributed by atoms with Crippen LogP contribution in [0.1, 0.15) is 43.5 Å². The van der Waals surface area contributed by atoms with Gasteiger partial charge in [-0.15, -0.1) is 0 Å². The van der Waals surface area contributed by atoms with Gasteiger partial charge < -0.3 is 14.0 Å². The van der Waals surface area contributed by atoms with E-state index in [-0.39, 0.29) is 17.2 Å². The predicted octanol–water partition coefficient (Wildman–Crippen LogP) is 7.27. The van der Waals surface area contributed by atoms with Crippen LogP contribution in [0.5, 0.6) is 5.75 Å². The van der Waals surface area contributed by atoms with E-state index in [1.807, 2.05) is 60.8 Å². The summed E-state index contributed by atoms with van der Waals surface area (Å²) in [4.78, 5) is 33.0. The Morgan fingerprint density at radius 3 is 2.62 bits per heavy atom. The first-order valence-corrected chi connectivity index (χ1v) is 16.5. The standard InChI is InChI=1S/C34H28BrCl2N3O4S/c1-18(2)44-33(42)30-19(3)38-34-40(31(30)24-15-22(35)10-12-28(24)43-4)32(41)29(45-34)14-21-17-39(27-8-6-5-7-23(21)27)16-20-9-11-25(36)26(37)13-20/h5-15,17-18,31H,16H2,1-4H3/b29-14-/t31-/m1/s1. The van der Waals surface area contributed by atoms with Crippen LogP contribution in [0.3, 0.4) is 0 Å². The van der Waals surface area contributed by atoms with Crippen LogP contribution in [-0.4, -0.2) is 28.3 Å². The molecule has 2 aromatic heterocycles. The number of rotatable bonds is 7. The van der Waals surface area contributed by atoms with Crippen molar-refractivity contribution in [1.29, 1.82) is 0 Å². The Morgan fingerprint density at radius 2 is 1.89 bits per heavy atom. The number of para-hydroxylation sites is 1. The summed E-state index contributed by atoms with van der Waals surface area (Å²) in [6.45, 7) is 5.91. The van der Waals surface area contributed by atoms with Gasteiger partial charge in [-0.3, -0.25) is 9.36 Å². The van der Waals surface area contributed by atoms with Gasteiger partial charge in [0.2, 0.25) is 0 Å². The number of carbonyl (C=O) groups excluding carboxylic acids is 1. The van der Waals surface area contributed by atoms with Gasteiger partial charge in [0.05, 0.1) is 39.1 Å². The number of nitrogens with zero attached hydrogens (tertiary/aromatic N) is 3. The molecule has 230 valence electrons. The van der Waals surface area contributed by atoms with E-state index in [0.29, 0.717) is 42.9 Å². The molecule has 6 rings (SSSR count). The van der Waals surface area contributed by atoms with Crippen LogP contribution < -0.4 is 19.6 Å². The van der Waals surface area contributed by atoms with Crippen molar-refractivity contribution < 1.29 is 14.3 Å². The number of hydrogen-bond donors (Lipinski definition) is 0.